The fourth-order valence-electron chi connectivity index (χ4n) is 7.51. The van der Waals surface area contributed by atoms with Crippen LogP contribution in [0.3, 0.4) is 0 Å². The Morgan fingerprint density at radius 1 is 0.255 bits per heavy atom. The van der Waals surface area contributed by atoms with Gasteiger partial charge < -0.3 is 4.57 Å². The normalized spacial score (nSPS) is 11.3. The number of hydrogen-bond donors (Lipinski definition) is 0. The van der Waals surface area contributed by atoms with E-state index in [1.54, 1.807) is 0 Å². The lowest BCUT2D eigenvalue weighted by atomic mass is 9.97. The molecule has 4 heteroatoms. The van der Waals surface area contributed by atoms with Gasteiger partial charge in [0.2, 0.25) is 0 Å². The smallest absolute Gasteiger partial charge is 0.164 e. The van der Waals surface area contributed by atoms with Crippen LogP contribution in [0.4, 0.5) is 0 Å². The molecule has 4 nitrogen and oxygen atoms in total. The highest BCUT2D eigenvalue weighted by atomic mass is 15.0. The predicted molar refractivity (Wildman–Crippen MR) is 227 cm³/mol. The highest BCUT2D eigenvalue weighted by molar-refractivity contribution is 6.10. The Hall–Kier alpha value is -7.43. The van der Waals surface area contributed by atoms with Crippen molar-refractivity contribution in [3.63, 3.8) is 0 Å². The van der Waals surface area contributed by atoms with Crippen LogP contribution in [0.15, 0.2) is 206 Å². The molecule has 0 aliphatic rings. The van der Waals surface area contributed by atoms with Crippen molar-refractivity contribution in [2.24, 2.45) is 0 Å². The molecule has 0 bridgehead atoms. The third-order valence-corrected chi connectivity index (χ3v) is 10.3. The van der Waals surface area contributed by atoms with E-state index in [1.807, 2.05) is 60.7 Å². The van der Waals surface area contributed by atoms with Gasteiger partial charge in [-0.25, -0.2) is 15.0 Å². The van der Waals surface area contributed by atoms with Crippen LogP contribution in [0, 0.1) is 0 Å². The number of fused-ring (bicyclic) bond motifs is 3. The molecule has 0 unspecified atom stereocenters. The fourth-order valence-corrected chi connectivity index (χ4v) is 7.51. The van der Waals surface area contributed by atoms with Gasteiger partial charge in [0.1, 0.15) is 0 Å². The Kier molecular flexibility index (Phi) is 8.12. The van der Waals surface area contributed by atoms with E-state index in [2.05, 4.69) is 150 Å². The first-order valence-electron chi connectivity index (χ1n) is 18.5. The van der Waals surface area contributed by atoms with Crippen molar-refractivity contribution in [2.45, 2.75) is 0 Å². The monoisotopic (exact) mass is 702 g/mol. The summed E-state index contributed by atoms with van der Waals surface area (Å²) in [6, 6.07) is 72.4. The molecule has 0 saturated carbocycles. The molecule has 2 aromatic heterocycles. The average molecular weight is 703 g/mol. The van der Waals surface area contributed by atoms with Gasteiger partial charge in [0, 0.05) is 33.2 Å². The Morgan fingerprint density at radius 2 is 0.673 bits per heavy atom. The molecular weight excluding hydrogens is 669 g/mol. The maximum Gasteiger partial charge on any atom is 0.164 e. The van der Waals surface area contributed by atoms with Crippen LogP contribution in [0.5, 0.6) is 0 Å². The van der Waals surface area contributed by atoms with Crippen molar-refractivity contribution in [2.75, 3.05) is 0 Å². The lowest BCUT2D eigenvalue weighted by Gasteiger charge is -2.12. The standard InChI is InChI=1S/C51H34N4/c1-4-14-35(15-5-1)40-20-12-21-41(32-40)36-26-28-37(29-27-36)42-30-31-46-45-24-10-11-25-47(45)55(48(46)34-42)44-23-13-22-43(33-44)51-53-49(38-16-6-2-7-17-38)52-50(54-51)39-18-8-3-9-19-39/h1-34H. The third-order valence-electron chi connectivity index (χ3n) is 10.3. The van der Waals surface area contributed by atoms with Gasteiger partial charge in [-0.3, -0.25) is 0 Å². The highest BCUT2D eigenvalue weighted by Crippen LogP contribution is 2.37. The Labute approximate surface area is 319 Å². The predicted octanol–water partition coefficient (Wildman–Crippen LogP) is 13.0. The molecule has 0 N–H and O–H groups in total. The van der Waals surface area contributed by atoms with Crippen LogP contribution in [0.2, 0.25) is 0 Å². The molecule has 0 saturated heterocycles. The number of hydrogen-bond acceptors (Lipinski definition) is 3. The van der Waals surface area contributed by atoms with E-state index in [0.717, 1.165) is 39.0 Å². The Bertz CT molecular complexity index is 2890. The molecule has 2 heterocycles. The maximum absolute atomic E-state index is 5.02. The van der Waals surface area contributed by atoms with E-state index in [-0.39, 0.29) is 0 Å². The number of rotatable bonds is 7. The maximum atomic E-state index is 5.02. The van der Waals surface area contributed by atoms with Crippen LogP contribution < -0.4 is 0 Å². The van der Waals surface area contributed by atoms with Crippen molar-refractivity contribution in [3.05, 3.63) is 206 Å². The van der Waals surface area contributed by atoms with Crippen LogP contribution in [-0.4, -0.2) is 19.5 Å². The Morgan fingerprint density at radius 3 is 1.29 bits per heavy atom. The van der Waals surface area contributed by atoms with E-state index in [9.17, 15) is 0 Å². The molecule has 10 aromatic rings. The van der Waals surface area contributed by atoms with Gasteiger partial charge in [-0.2, -0.15) is 0 Å². The van der Waals surface area contributed by atoms with Crippen molar-refractivity contribution in [1.82, 2.24) is 19.5 Å². The molecule has 10 rings (SSSR count). The van der Waals surface area contributed by atoms with Crippen LogP contribution in [0.1, 0.15) is 0 Å². The second-order valence-corrected chi connectivity index (χ2v) is 13.7. The summed E-state index contributed by atoms with van der Waals surface area (Å²) in [5, 5.41) is 2.41. The lowest BCUT2D eigenvalue weighted by molar-refractivity contribution is 1.07. The van der Waals surface area contributed by atoms with Gasteiger partial charge in [0.05, 0.1) is 11.0 Å². The second-order valence-electron chi connectivity index (χ2n) is 13.7. The van der Waals surface area contributed by atoms with Crippen molar-refractivity contribution < 1.29 is 0 Å². The minimum atomic E-state index is 0.630. The molecule has 258 valence electrons. The SMILES string of the molecule is c1ccc(-c2cccc(-c3ccc(-c4ccc5c6ccccc6n(-c6cccc(-c7nc(-c8ccccc8)nc(-c8ccccc8)n7)c6)c5c4)cc3)c2)cc1. The summed E-state index contributed by atoms with van der Waals surface area (Å²) in [7, 11) is 0. The minimum absolute atomic E-state index is 0.630. The van der Waals surface area contributed by atoms with Crippen LogP contribution in [0.25, 0.3) is 95.0 Å². The van der Waals surface area contributed by atoms with Crippen molar-refractivity contribution in [1.29, 1.82) is 0 Å². The van der Waals surface area contributed by atoms with Gasteiger partial charge in [0.15, 0.2) is 17.5 Å². The lowest BCUT2D eigenvalue weighted by Crippen LogP contribution is -2.01. The largest absolute Gasteiger partial charge is 0.309 e. The summed E-state index contributed by atoms with van der Waals surface area (Å²) in [5.41, 5.74) is 13.3. The number of nitrogens with zero attached hydrogens (tertiary/aromatic N) is 4. The average Bonchev–Trinajstić information content (AvgIpc) is 3.61. The first-order valence-corrected chi connectivity index (χ1v) is 18.5. The van der Waals surface area contributed by atoms with E-state index in [1.165, 1.54) is 38.6 Å². The Balaban J connectivity index is 1.06. The van der Waals surface area contributed by atoms with E-state index >= 15 is 0 Å². The van der Waals surface area contributed by atoms with Gasteiger partial charge in [-0.15, -0.1) is 0 Å². The van der Waals surface area contributed by atoms with Gasteiger partial charge >= 0.3 is 0 Å². The summed E-state index contributed by atoms with van der Waals surface area (Å²) in [6.07, 6.45) is 0. The molecular formula is C51H34N4. The molecule has 0 spiro atoms. The summed E-state index contributed by atoms with van der Waals surface area (Å²) in [4.78, 5) is 14.9. The van der Waals surface area contributed by atoms with Gasteiger partial charge in [-0.05, 0) is 63.7 Å². The number of para-hydroxylation sites is 1. The number of benzene rings is 8. The van der Waals surface area contributed by atoms with Gasteiger partial charge in [0.25, 0.3) is 0 Å². The van der Waals surface area contributed by atoms with Crippen molar-refractivity contribution in [3.8, 4) is 73.2 Å². The molecule has 8 aromatic carbocycles. The van der Waals surface area contributed by atoms with E-state index in [0.29, 0.717) is 17.5 Å². The molecule has 0 radical (unpaired) electrons. The molecule has 55 heavy (non-hydrogen) atoms. The summed E-state index contributed by atoms with van der Waals surface area (Å²) < 4.78 is 2.36. The summed E-state index contributed by atoms with van der Waals surface area (Å²) in [5.74, 6) is 1.92. The molecule has 0 aliphatic carbocycles. The van der Waals surface area contributed by atoms with Gasteiger partial charge in [-0.1, -0.05) is 176 Å². The number of aromatic nitrogens is 4. The second kappa shape index (κ2) is 13.8. The van der Waals surface area contributed by atoms with Crippen LogP contribution >= 0.6 is 0 Å². The molecule has 0 aliphatic heterocycles. The van der Waals surface area contributed by atoms with E-state index < -0.39 is 0 Å². The van der Waals surface area contributed by atoms with Crippen LogP contribution in [-0.2, 0) is 0 Å². The first kappa shape index (κ1) is 32.2. The minimum Gasteiger partial charge on any atom is -0.309 e. The first-order chi connectivity index (χ1) is 27.2. The fraction of sp³-hybridized carbons (Fsp3) is 0. The molecule has 0 fully saturated rings. The molecule has 0 atom stereocenters. The van der Waals surface area contributed by atoms with Crippen molar-refractivity contribution >= 4 is 21.8 Å². The highest BCUT2D eigenvalue weighted by Gasteiger charge is 2.16. The topological polar surface area (TPSA) is 43.6 Å². The summed E-state index contributed by atoms with van der Waals surface area (Å²) >= 11 is 0. The molecule has 0 amide bonds. The van der Waals surface area contributed by atoms with E-state index in [4.69, 9.17) is 15.0 Å². The zero-order chi connectivity index (χ0) is 36.6. The third kappa shape index (κ3) is 6.16. The zero-order valence-corrected chi connectivity index (χ0v) is 29.9. The quantitative estimate of drug-likeness (QED) is 0.166. The summed E-state index contributed by atoms with van der Waals surface area (Å²) in [6.45, 7) is 0. The zero-order valence-electron chi connectivity index (χ0n) is 29.9.